The van der Waals surface area contributed by atoms with Crippen molar-refractivity contribution in [3.05, 3.63) is 33.8 Å². The van der Waals surface area contributed by atoms with E-state index in [4.69, 9.17) is 0 Å². The Kier molecular flexibility index (Phi) is 8.11. The first kappa shape index (κ1) is 18.0. The Morgan fingerprint density at radius 1 is 1.30 bits per heavy atom. The summed E-state index contributed by atoms with van der Waals surface area (Å²) in [6.45, 7) is 6.94. The fourth-order valence-electron chi connectivity index (χ4n) is 2.85. The number of piperidine rings is 1. The van der Waals surface area contributed by atoms with E-state index in [2.05, 4.69) is 51.3 Å². The van der Waals surface area contributed by atoms with Crippen LogP contribution in [0.15, 0.2) is 22.7 Å². The standard InChI is InChI=1S/C16H25BrN2.ClH/c1-13-11-15(3-4-16(13)17)12-19-9-6-14(7-10-19)5-8-18-2;/h3-4,11,14,18H,5-10,12H2,1-2H3;1H. The summed E-state index contributed by atoms with van der Waals surface area (Å²) in [6, 6.07) is 6.71. The zero-order valence-corrected chi connectivity index (χ0v) is 14.9. The summed E-state index contributed by atoms with van der Waals surface area (Å²) in [7, 11) is 2.05. The van der Waals surface area contributed by atoms with E-state index in [1.165, 1.54) is 48.0 Å². The zero-order chi connectivity index (χ0) is 13.7. The minimum Gasteiger partial charge on any atom is -0.320 e. The lowest BCUT2D eigenvalue weighted by atomic mass is 9.93. The fraction of sp³-hybridized carbons (Fsp3) is 0.625. The molecule has 0 aliphatic carbocycles. The normalized spacial score (nSPS) is 16.9. The smallest absolute Gasteiger partial charge is 0.0233 e. The van der Waals surface area contributed by atoms with Crippen LogP contribution in [0.2, 0.25) is 0 Å². The van der Waals surface area contributed by atoms with Crippen molar-refractivity contribution in [1.29, 1.82) is 0 Å². The lowest BCUT2D eigenvalue weighted by Gasteiger charge is -2.32. The highest BCUT2D eigenvalue weighted by Gasteiger charge is 2.18. The summed E-state index contributed by atoms with van der Waals surface area (Å²) in [5.74, 6) is 0.926. The molecular formula is C16H26BrClN2. The van der Waals surface area contributed by atoms with Gasteiger partial charge in [-0.15, -0.1) is 12.4 Å². The first-order valence-electron chi connectivity index (χ1n) is 7.31. The monoisotopic (exact) mass is 360 g/mol. The van der Waals surface area contributed by atoms with E-state index in [9.17, 15) is 0 Å². The molecule has 4 heteroatoms. The molecule has 1 heterocycles. The molecule has 0 radical (unpaired) electrons. The third-order valence-electron chi connectivity index (χ3n) is 4.14. The molecule has 0 unspecified atom stereocenters. The Bertz CT molecular complexity index is 403. The van der Waals surface area contributed by atoms with Gasteiger partial charge in [-0.2, -0.15) is 0 Å². The van der Waals surface area contributed by atoms with Crippen LogP contribution < -0.4 is 5.32 Å². The van der Waals surface area contributed by atoms with Crippen LogP contribution in [0.1, 0.15) is 30.4 Å². The first-order valence-corrected chi connectivity index (χ1v) is 8.10. The largest absolute Gasteiger partial charge is 0.320 e. The van der Waals surface area contributed by atoms with Gasteiger partial charge in [-0.25, -0.2) is 0 Å². The second-order valence-corrected chi connectivity index (χ2v) is 6.55. The Labute approximate surface area is 137 Å². The minimum atomic E-state index is 0. The first-order chi connectivity index (χ1) is 9.19. The third-order valence-corrected chi connectivity index (χ3v) is 5.03. The summed E-state index contributed by atoms with van der Waals surface area (Å²) in [5.41, 5.74) is 2.77. The van der Waals surface area contributed by atoms with Gasteiger partial charge in [0.05, 0.1) is 0 Å². The van der Waals surface area contributed by atoms with Crippen LogP contribution >= 0.6 is 28.3 Å². The van der Waals surface area contributed by atoms with Crippen molar-refractivity contribution in [2.24, 2.45) is 5.92 Å². The van der Waals surface area contributed by atoms with Crippen molar-refractivity contribution in [3.63, 3.8) is 0 Å². The molecule has 1 fully saturated rings. The average molecular weight is 362 g/mol. The van der Waals surface area contributed by atoms with E-state index >= 15 is 0 Å². The Balaban J connectivity index is 0.00000200. The van der Waals surface area contributed by atoms with E-state index in [1.54, 1.807) is 0 Å². The van der Waals surface area contributed by atoms with E-state index in [-0.39, 0.29) is 12.4 Å². The number of aryl methyl sites for hydroxylation is 1. The second-order valence-electron chi connectivity index (χ2n) is 5.70. The molecule has 0 atom stereocenters. The van der Waals surface area contributed by atoms with Crippen LogP contribution in [0.25, 0.3) is 0 Å². The van der Waals surface area contributed by atoms with Gasteiger partial charge in [0.15, 0.2) is 0 Å². The number of halogens is 2. The van der Waals surface area contributed by atoms with Crippen molar-refractivity contribution in [3.8, 4) is 0 Å². The van der Waals surface area contributed by atoms with Crippen LogP contribution in [0, 0.1) is 12.8 Å². The molecule has 0 spiro atoms. The van der Waals surface area contributed by atoms with Gasteiger partial charge in [0.25, 0.3) is 0 Å². The van der Waals surface area contributed by atoms with Gasteiger partial charge in [0, 0.05) is 11.0 Å². The molecule has 114 valence electrons. The predicted octanol–water partition coefficient (Wildman–Crippen LogP) is 4.00. The number of likely N-dealkylation sites (tertiary alicyclic amines) is 1. The minimum absolute atomic E-state index is 0. The molecular weight excluding hydrogens is 336 g/mol. The summed E-state index contributed by atoms with van der Waals surface area (Å²) in [5, 5.41) is 3.26. The van der Waals surface area contributed by atoms with Crippen LogP contribution in [-0.4, -0.2) is 31.6 Å². The van der Waals surface area contributed by atoms with Crippen LogP contribution in [-0.2, 0) is 6.54 Å². The summed E-state index contributed by atoms with van der Waals surface area (Å²) >= 11 is 3.57. The highest BCUT2D eigenvalue weighted by molar-refractivity contribution is 9.10. The molecule has 1 N–H and O–H groups in total. The molecule has 0 saturated carbocycles. The fourth-order valence-corrected chi connectivity index (χ4v) is 3.09. The topological polar surface area (TPSA) is 15.3 Å². The average Bonchev–Trinajstić information content (AvgIpc) is 2.42. The van der Waals surface area contributed by atoms with Gasteiger partial charge < -0.3 is 5.32 Å². The highest BCUT2D eigenvalue weighted by Crippen LogP contribution is 2.23. The van der Waals surface area contributed by atoms with Crippen molar-refractivity contribution >= 4 is 28.3 Å². The molecule has 0 bridgehead atoms. The highest BCUT2D eigenvalue weighted by atomic mass is 79.9. The molecule has 1 aromatic rings. The predicted molar refractivity (Wildman–Crippen MR) is 92.7 cm³/mol. The maximum absolute atomic E-state index is 3.57. The lowest BCUT2D eigenvalue weighted by Crippen LogP contribution is -2.34. The van der Waals surface area contributed by atoms with Crippen LogP contribution in [0.4, 0.5) is 0 Å². The quantitative estimate of drug-likeness (QED) is 0.852. The van der Waals surface area contributed by atoms with E-state index in [0.717, 1.165) is 19.0 Å². The Morgan fingerprint density at radius 2 is 2.00 bits per heavy atom. The maximum atomic E-state index is 3.57. The molecule has 0 amide bonds. The van der Waals surface area contributed by atoms with Crippen LogP contribution in [0.5, 0.6) is 0 Å². The number of nitrogens with one attached hydrogen (secondary N) is 1. The Morgan fingerprint density at radius 3 is 2.60 bits per heavy atom. The summed E-state index contributed by atoms with van der Waals surface area (Å²) < 4.78 is 1.21. The van der Waals surface area contributed by atoms with Gasteiger partial charge in [-0.3, -0.25) is 4.90 Å². The number of hydrogen-bond donors (Lipinski definition) is 1. The number of hydrogen-bond acceptors (Lipinski definition) is 2. The number of benzene rings is 1. The van der Waals surface area contributed by atoms with Gasteiger partial charge in [0.1, 0.15) is 0 Å². The van der Waals surface area contributed by atoms with Gasteiger partial charge >= 0.3 is 0 Å². The molecule has 2 nitrogen and oxygen atoms in total. The van der Waals surface area contributed by atoms with E-state index in [0.29, 0.717) is 0 Å². The van der Waals surface area contributed by atoms with Crippen molar-refractivity contribution in [2.75, 3.05) is 26.7 Å². The van der Waals surface area contributed by atoms with Gasteiger partial charge in [0.2, 0.25) is 0 Å². The van der Waals surface area contributed by atoms with E-state index in [1.807, 2.05) is 7.05 Å². The lowest BCUT2D eigenvalue weighted by molar-refractivity contribution is 0.172. The molecule has 0 aromatic heterocycles. The van der Waals surface area contributed by atoms with Crippen molar-refractivity contribution < 1.29 is 0 Å². The molecule has 1 aromatic carbocycles. The molecule has 1 saturated heterocycles. The van der Waals surface area contributed by atoms with Crippen molar-refractivity contribution in [2.45, 2.75) is 32.7 Å². The summed E-state index contributed by atoms with van der Waals surface area (Å²) in [6.07, 6.45) is 4.05. The third kappa shape index (κ3) is 5.36. The van der Waals surface area contributed by atoms with Crippen molar-refractivity contribution in [1.82, 2.24) is 10.2 Å². The zero-order valence-electron chi connectivity index (χ0n) is 12.5. The molecule has 1 aliphatic heterocycles. The van der Waals surface area contributed by atoms with E-state index < -0.39 is 0 Å². The number of rotatable bonds is 5. The van der Waals surface area contributed by atoms with Crippen LogP contribution in [0.3, 0.4) is 0 Å². The molecule has 1 aliphatic rings. The maximum Gasteiger partial charge on any atom is 0.0233 e. The van der Waals surface area contributed by atoms with Gasteiger partial charge in [-0.05, 0) is 76.0 Å². The Hall–Kier alpha value is -0.0900. The molecule has 20 heavy (non-hydrogen) atoms. The van der Waals surface area contributed by atoms with Gasteiger partial charge in [-0.1, -0.05) is 28.1 Å². The molecule has 2 rings (SSSR count). The number of nitrogens with zero attached hydrogens (tertiary/aromatic N) is 1. The SMILES string of the molecule is CNCCC1CCN(Cc2ccc(Br)c(C)c2)CC1.Cl. The summed E-state index contributed by atoms with van der Waals surface area (Å²) in [4.78, 5) is 2.60. The second kappa shape index (κ2) is 9.04.